The number of aliphatic hydroxyl groups excluding tert-OH is 1. The third-order valence-corrected chi connectivity index (χ3v) is 2.48. The molecule has 0 bridgehead atoms. The van der Waals surface area contributed by atoms with Gasteiger partial charge in [0.2, 0.25) is 0 Å². The third kappa shape index (κ3) is 5.94. The van der Waals surface area contributed by atoms with Gasteiger partial charge in [0.25, 0.3) is 0 Å². The summed E-state index contributed by atoms with van der Waals surface area (Å²) in [5.74, 6) is 1.40. The molecule has 0 aliphatic rings. The van der Waals surface area contributed by atoms with Crippen molar-refractivity contribution in [1.82, 2.24) is 5.32 Å². The average Bonchev–Trinajstić information content (AvgIpc) is 2.35. The Kier molecular flexibility index (Phi) is 6.12. The zero-order valence-corrected chi connectivity index (χ0v) is 12.3. The monoisotopic (exact) mass is 267 g/mol. The largest absolute Gasteiger partial charge is 0.490 e. The summed E-state index contributed by atoms with van der Waals surface area (Å²) in [4.78, 5) is 0. The van der Waals surface area contributed by atoms with Crippen molar-refractivity contribution in [2.45, 2.75) is 39.8 Å². The van der Waals surface area contributed by atoms with Crippen LogP contribution >= 0.6 is 0 Å². The molecular weight excluding hydrogens is 242 g/mol. The highest BCUT2D eigenvalue weighted by atomic mass is 16.5. The molecule has 0 aromatic heterocycles. The minimum Gasteiger partial charge on any atom is -0.490 e. The van der Waals surface area contributed by atoms with Crippen LogP contribution < -0.4 is 14.8 Å². The Balaban J connectivity index is 2.77. The van der Waals surface area contributed by atoms with Gasteiger partial charge in [-0.1, -0.05) is 6.07 Å². The molecule has 0 saturated carbocycles. The molecule has 108 valence electrons. The number of hydrogen-bond acceptors (Lipinski definition) is 4. The maximum atomic E-state index is 8.80. The predicted molar refractivity (Wildman–Crippen MR) is 76.8 cm³/mol. The molecule has 0 atom stereocenters. The second kappa shape index (κ2) is 7.36. The molecule has 0 amide bonds. The highest BCUT2D eigenvalue weighted by Crippen LogP contribution is 2.28. The summed E-state index contributed by atoms with van der Waals surface area (Å²) in [6, 6.07) is 5.88. The first-order chi connectivity index (χ1) is 8.96. The fraction of sp³-hybridized carbons (Fsp3) is 0.600. The molecule has 0 heterocycles. The van der Waals surface area contributed by atoms with Crippen molar-refractivity contribution in [3.8, 4) is 11.5 Å². The molecule has 19 heavy (non-hydrogen) atoms. The maximum absolute atomic E-state index is 8.80. The topological polar surface area (TPSA) is 50.7 Å². The zero-order chi connectivity index (χ0) is 14.3. The van der Waals surface area contributed by atoms with Crippen LogP contribution in [0.25, 0.3) is 0 Å². The van der Waals surface area contributed by atoms with Gasteiger partial charge in [0.1, 0.15) is 6.61 Å². The Hall–Kier alpha value is -1.26. The molecule has 0 radical (unpaired) electrons. The first-order valence-corrected chi connectivity index (χ1v) is 6.70. The van der Waals surface area contributed by atoms with E-state index in [1.165, 1.54) is 0 Å². The molecule has 0 aliphatic carbocycles. The first kappa shape index (κ1) is 15.8. The van der Waals surface area contributed by atoms with Crippen molar-refractivity contribution < 1.29 is 14.6 Å². The Morgan fingerprint density at radius 3 is 2.47 bits per heavy atom. The summed E-state index contributed by atoms with van der Waals surface area (Å²) < 4.78 is 11.0. The highest BCUT2D eigenvalue weighted by Gasteiger charge is 2.10. The average molecular weight is 267 g/mol. The Morgan fingerprint density at radius 2 is 1.89 bits per heavy atom. The van der Waals surface area contributed by atoms with Gasteiger partial charge < -0.3 is 19.9 Å². The molecule has 1 aromatic carbocycles. The summed E-state index contributed by atoms with van der Waals surface area (Å²) in [6.45, 7) is 9.99. The van der Waals surface area contributed by atoms with Gasteiger partial charge in [-0.05, 0) is 45.4 Å². The minimum atomic E-state index is -0.00110. The summed E-state index contributed by atoms with van der Waals surface area (Å²) in [5.41, 5.74) is 1.23. The number of rotatable bonds is 7. The van der Waals surface area contributed by atoms with E-state index in [9.17, 15) is 0 Å². The lowest BCUT2D eigenvalue weighted by atomic mass is 10.1. The molecule has 2 N–H and O–H groups in total. The standard InChI is InChI=1S/C15H25NO3/c1-5-18-14-10-12(11-16-15(2,3)4)6-7-13(14)19-9-8-17/h6-7,10,16-17H,5,8-9,11H2,1-4H3. The van der Waals surface area contributed by atoms with Crippen LogP contribution in [0.1, 0.15) is 33.3 Å². The molecule has 4 nitrogen and oxygen atoms in total. The van der Waals surface area contributed by atoms with E-state index in [4.69, 9.17) is 14.6 Å². The quantitative estimate of drug-likeness (QED) is 0.796. The van der Waals surface area contributed by atoms with E-state index in [2.05, 4.69) is 26.1 Å². The first-order valence-electron chi connectivity index (χ1n) is 6.70. The van der Waals surface area contributed by atoms with Gasteiger partial charge in [-0.15, -0.1) is 0 Å². The van der Waals surface area contributed by atoms with Crippen molar-refractivity contribution in [3.63, 3.8) is 0 Å². The molecule has 0 unspecified atom stereocenters. The lowest BCUT2D eigenvalue weighted by Crippen LogP contribution is -2.35. The molecule has 1 aromatic rings. The molecule has 4 heteroatoms. The van der Waals surface area contributed by atoms with Crippen LogP contribution in [0.4, 0.5) is 0 Å². The summed E-state index contributed by atoms with van der Waals surface area (Å²) in [7, 11) is 0. The highest BCUT2D eigenvalue weighted by molar-refractivity contribution is 5.43. The van der Waals surface area contributed by atoms with Crippen LogP contribution in [0.15, 0.2) is 18.2 Å². The van der Waals surface area contributed by atoms with E-state index in [0.29, 0.717) is 12.4 Å². The predicted octanol–water partition coefficient (Wildman–Crippen LogP) is 2.34. The van der Waals surface area contributed by atoms with Gasteiger partial charge in [-0.3, -0.25) is 0 Å². The smallest absolute Gasteiger partial charge is 0.161 e. The van der Waals surface area contributed by atoms with Crippen molar-refractivity contribution in [3.05, 3.63) is 23.8 Å². The summed E-state index contributed by atoms with van der Waals surface area (Å²) in [5, 5.41) is 12.2. The van der Waals surface area contributed by atoms with E-state index >= 15 is 0 Å². The Bertz CT molecular complexity index is 385. The number of hydrogen-bond donors (Lipinski definition) is 2. The van der Waals surface area contributed by atoms with E-state index in [1.807, 2.05) is 25.1 Å². The van der Waals surface area contributed by atoms with Gasteiger partial charge in [0, 0.05) is 12.1 Å². The number of benzene rings is 1. The van der Waals surface area contributed by atoms with Crippen molar-refractivity contribution in [2.24, 2.45) is 0 Å². The molecule has 0 fully saturated rings. The fourth-order valence-electron chi connectivity index (χ4n) is 1.57. The van der Waals surface area contributed by atoms with Gasteiger partial charge in [-0.2, -0.15) is 0 Å². The second-order valence-corrected chi connectivity index (χ2v) is 5.39. The van der Waals surface area contributed by atoms with Gasteiger partial charge >= 0.3 is 0 Å². The van der Waals surface area contributed by atoms with E-state index < -0.39 is 0 Å². The summed E-state index contributed by atoms with van der Waals surface area (Å²) in [6.07, 6.45) is 0. The van der Waals surface area contributed by atoms with Crippen LogP contribution in [0.2, 0.25) is 0 Å². The van der Waals surface area contributed by atoms with Crippen LogP contribution in [0.3, 0.4) is 0 Å². The van der Waals surface area contributed by atoms with Crippen LogP contribution in [-0.4, -0.2) is 30.5 Å². The molecular formula is C15H25NO3. The van der Waals surface area contributed by atoms with Crippen LogP contribution in [0, 0.1) is 0 Å². The number of nitrogens with one attached hydrogen (secondary N) is 1. The van der Waals surface area contributed by atoms with E-state index in [1.54, 1.807) is 0 Å². The molecule has 0 spiro atoms. The van der Waals surface area contributed by atoms with Crippen LogP contribution in [0.5, 0.6) is 11.5 Å². The SMILES string of the molecule is CCOc1cc(CNC(C)(C)C)ccc1OCCO. The second-order valence-electron chi connectivity index (χ2n) is 5.39. The lowest BCUT2D eigenvalue weighted by molar-refractivity contribution is 0.194. The van der Waals surface area contributed by atoms with Crippen molar-refractivity contribution >= 4 is 0 Å². The molecule has 1 rings (SSSR count). The molecule has 0 aliphatic heterocycles. The van der Waals surface area contributed by atoms with E-state index in [0.717, 1.165) is 17.9 Å². The molecule has 0 saturated heterocycles. The minimum absolute atomic E-state index is 0.00110. The normalized spacial score (nSPS) is 11.4. The summed E-state index contributed by atoms with van der Waals surface area (Å²) >= 11 is 0. The zero-order valence-electron chi connectivity index (χ0n) is 12.3. The number of aliphatic hydroxyl groups is 1. The van der Waals surface area contributed by atoms with E-state index in [-0.39, 0.29) is 18.8 Å². The van der Waals surface area contributed by atoms with Gasteiger partial charge in [0.15, 0.2) is 11.5 Å². The van der Waals surface area contributed by atoms with Crippen LogP contribution in [-0.2, 0) is 6.54 Å². The Labute approximate surface area is 115 Å². The Morgan fingerprint density at radius 1 is 1.16 bits per heavy atom. The van der Waals surface area contributed by atoms with Crippen molar-refractivity contribution in [1.29, 1.82) is 0 Å². The lowest BCUT2D eigenvalue weighted by Gasteiger charge is -2.21. The third-order valence-electron chi connectivity index (χ3n) is 2.48. The maximum Gasteiger partial charge on any atom is 0.161 e. The van der Waals surface area contributed by atoms with Gasteiger partial charge in [-0.25, -0.2) is 0 Å². The van der Waals surface area contributed by atoms with Gasteiger partial charge in [0.05, 0.1) is 13.2 Å². The van der Waals surface area contributed by atoms with Crippen molar-refractivity contribution in [2.75, 3.05) is 19.8 Å². The fourth-order valence-corrected chi connectivity index (χ4v) is 1.57. The number of ether oxygens (including phenoxy) is 2.